The van der Waals surface area contributed by atoms with Crippen LogP contribution in [0.4, 0.5) is 5.69 Å². The van der Waals surface area contributed by atoms with Gasteiger partial charge in [-0.1, -0.05) is 18.6 Å². The molecule has 1 aliphatic rings. The molecule has 0 unspecified atom stereocenters. The van der Waals surface area contributed by atoms with Gasteiger partial charge in [0.15, 0.2) is 0 Å². The fraction of sp³-hybridized carbons (Fsp3) is 0.357. The van der Waals surface area contributed by atoms with Crippen molar-refractivity contribution in [3.63, 3.8) is 0 Å². The maximum absolute atomic E-state index is 13.7. The number of hydrogen-bond donors (Lipinski definition) is 2. The van der Waals surface area contributed by atoms with E-state index in [0.717, 1.165) is 64.3 Å². The molecule has 0 aliphatic carbocycles. The average molecular weight is 471 g/mol. The first-order valence-corrected chi connectivity index (χ1v) is 12.2. The topological polar surface area (TPSA) is 82.5 Å². The first kappa shape index (κ1) is 24.5. The van der Waals surface area contributed by atoms with Crippen molar-refractivity contribution in [2.45, 2.75) is 27.2 Å². The minimum atomic E-state index is -0.0304. The van der Waals surface area contributed by atoms with Crippen molar-refractivity contribution in [1.82, 2.24) is 20.2 Å². The number of pyridine rings is 2. The molecule has 2 N–H and O–H groups in total. The van der Waals surface area contributed by atoms with Crippen LogP contribution in [0, 0.1) is 13.8 Å². The summed E-state index contributed by atoms with van der Waals surface area (Å²) in [6.45, 7) is 9.02. The molecule has 7 heteroatoms. The molecule has 3 aromatic rings. The van der Waals surface area contributed by atoms with Crippen molar-refractivity contribution in [2.24, 2.45) is 4.99 Å². The molecule has 1 amide bonds. The molecule has 0 fully saturated rings. The highest BCUT2D eigenvalue weighted by atomic mass is 16.2. The summed E-state index contributed by atoms with van der Waals surface area (Å²) in [4.78, 5) is 29.6. The molecule has 0 saturated carbocycles. The lowest BCUT2D eigenvalue weighted by atomic mass is 10.0. The maximum atomic E-state index is 13.7. The number of carbonyl (C=O) groups is 1. The van der Waals surface area contributed by atoms with Gasteiger partial charge < -0.3 is 15.5 Å². The van der Waals surface area contributed by atoms with Crippen LogP contribution in [0.2, 0.25) is 0 Å². The molecular weight excluding hydrogens is 436 g/mol. The van der Waals surface area contributed by atoms with E-state index in [2.05, 4.69) is 28.6 Å². The molecule has 0 atom stereocenters. The number of aliphatic imine (C=N–C) groups is 1. The van der Waals surface area contributed by atoms with Crippen LogP contribution in [-0.2, 0) is 0 Å². The minimum absolute atomic E-state index is 0.0304. The average Bonchev–Trinajstić information content (AvgIpc) is 3.31. The molecule has 1 aromatic carbocycles. The van der Waals surface area contributed by atoms with Gasteiger partial charge in [0.05, 0.1) is 40.4 Å². The number of allylic oxidation sites excluding steroid dienone is 1. The third kappa shape index (κ3) is 5.57. The second kappa shape index (κ2) is 10.8. The SMILES string of the molecule is CCC1=NCC(CN(C)C(=O)c2cc(-c3ccc(NCCNC)c(C)n3)nc3ccc(C)cc23)=C1. The van der Waals surface area contributed by atoms with Gasteiger partial charge in [0.25, 0.3) is 5.91 Å². The predicted molar refractivity (Wildman–Crippen MR) is 145 cm³/mol. The highest BCUT2D eigenvalue weighted by molar-refractivity contribution is 6.07. The van der Waals surface area contributed by atoms with E-state index < -0.39 is 0 Å². The van der Waals surface area contributed by atoms with Gasteiger partial charge in [0, 0.05) is 37.8 Å². The van der Waals surface area contributed by atoms with Crippen molar-refractivity contribution in [3.8, 4) is 11.4 Å². The van der Waals surface area contributed by atoms with Crippen molar-refractivity contribution in [2.75, 3.05) is 45.6 Å². The summed E-state index contributed by atoms with van der Waals surface area (Å²) in [5.74, 6) is -0.0304. The van der Waals surface area contributed by atoms with Crippen LogP contribution in [0.5, 0.6) is 0 Å². The zero-order valence-electron chi connectivity index (χ0n) is 21.3. The maximum Gasteiger partial charge on any atom is 0.254 e. The number of nitrogens with zero attached hydrogens (tertiary/aromatic N) is 4. The summed E-state index contributed by atoms with van der Waals surface area (Å²) in [5.41, 5.74) is 8.11. The molecule has 7 nitrogen and oxygen atoms in total. The molecule has 0 spiro atoms. The first-order chi connectivity index (χ1) is 16.9. The Labute approximate surface area is 207 Å². The van der Waals surface area contributed by atoms with Gasteiger partial charge in [-0.25, -0.2) is 9.97 Å². The Balaban J connectivity index is 1.68. The predicted octanol–water partition coefficient (Wildman–Crippen LogP) is 4.41. The second-order valence-electron chi connectivity index (χ2n) is 9.06. The summed E-state index contributed by atoms with van der Waals surface area (Å²) >= 11 is 0. The number of aryl methyl sites for hydroxylation is 2. The van der Waals surface area contributed by atoms with Gasteiger partial charge >= 0.3 is 0 Å². The van der Waals surface area contributed by atoms with E-state index in [1.54, 1.807) is 4.90 Å². The molecule has 3 heterocycles. The van der Waals surface area contributed by atoms with E-state index in [-0.39, 0.29) is 5.91 Å². The summed E-state index contributed by atoms with van der Waals surface area (Å²) in [7, 11) is 3.78. The zero-order valence-corrected chi connectivity index (χ0v) is 21.3. The van der Waals surface area contributed by atoms with Gasteiger partial charge in [-0.2, -0.15) is 0 Å². The number of hydrogen-bond acceptors (Lipinski definition) is 6. The monoisotopic (exact) mass is 470 g/mol. The Morgan fingerprint density at radius 1 is 1.06 bits per heavy atom. The number of rotatable bonds is 9. The quantitative estimate of drug-likeness (QED) is 0.453. The van der Waals surface area contributed by atoms with Gasteiger partial charge in [0.2, 0.25) is 0 Å². The normalized spacial score (nSPS) is 13.1. The molecular formula is C28H34N6O. The van der Waals surface area contributed by atoms with E-state index in [1.165, 1.54) is 0 Å². The fourth-order valence-corrected chi connectivity index (χ4v) is 4.28. The molecule has 1 aliphatic heterocycles. The molecule has 2 aromatic heterocycles. The third-order valence-corrected chi connectivity index (χ3v) is 6.24. The highest BCUT2D eigenvalue weighted by Crippen LogP contribution is 2.27. The fourth-order valence-electron chi connectivity index (χ4n) is 4.28. The Kier molecular flexibility index (Phi) is 7.56. The Morgan fingerprint density at radius 2 is 1.89 bits per heavy atom. The van der Waals surface area contributed by atoms with Crippen molar-refractivity contribution < 1.29 is 4.79 Å². The summed E-state index contributed by atoms with van der Waals surface area (Å²) < 4.78 is 0. The van der Waals surface area contributed by atoms with Crippen LogP contribution >= 0.6 is 0 Å². The molecule has 182 valence electrons. The largest absolute Gasteiger partial charge is 0.382 e. The van der Waals surface area contributed by atoms with Crippen LogP contribution < -0.4 is 10.6 Å². The number of anilines is 1. The smallest absolute Gasteiger partial charge is 0.254 e. The molecule has 4 rings (SSSR count). The van der Waals surface area contributed by atoms with E-state index in [0.29, 0.717) is 24.3 Å². The Morgan fingerprint density at radius 3 is 2.60 bits per heavy atom. The number of amides is 1. The number of aromatic nitrogens is 2. The van der Waals surface area contributed by atoms with E-state index in [1.807, 2.05) is 64.3 Å². The molecule has 0 bridgehead atoms. The van der Waals surface area contributed by atoms with E-state index in [4.69, 9.17) is 9.97 Å². The van der Waals surface area contributed by atoms with Crippen LogP contribution in [0.25, 0.3) is 22.3 Å². The highest BCUT2D eigenvalue weighted by Gasteiger charge is 2.20. The van der Waals surface area contributed by atoms with Crippen molar-refractivity contribution in [1.29, 1.82) is 0 Å². The number of benzene rings is 1. The summed E-state index contributed by atoms with van der Waals surface area (Å²) in [5, 5.41) is 7.38. The lowest BCUT2D eigenvalue weighted by Crippen LogP contribution is -2.29. The van der Waals surface area contributed by atoms with Gasteiger partial charge in [0.1, 0.15) is 0 Å². The molecule has 0 radical (unpaired) electrons. The Hall–Kier alpha value is -3.58. The lowest BCUT2D eigenvalue weighted by Gasteiger charge is -2.19. The van der Waals surface area contributed by atoms with E-state index >= 15 is 0 Å². The molecule has 0 saturated heterocycles. The second-order valence-corrected chi connectivity index (χ2v) is 9.06. The van der Waals surface area contributed by atoms with Gasteiger partial charge in [-0.15, -0.1) is 0 Å². The number of nitrogens with one attached hydrogen (secondary N) is 2. The van der Waals surface area contributed by atoms with Crippen molar-refractivity contribution in [3.05, 3.63) is 64.9 Å². The number of carbonyl (C=O) groups excluding carboxylic acids is 1. The Bertz CT molecular complexity index is 1310. The van der Waals surface area contributed by atoms with Gasteiger partial charge in [-0.05, 0) is 69.3 Å². The van der Waals surface area contributed by atoms with Crippen molar-refractivity contribution >= 4 is 28.2 Å². The number of likely N-dealkylation sites (N-methyl/N-ethyl adjacent to an activating group) is 2. The standard InChI is InChI=1S/C28H34N6O/c1-6-21-14-20(16-31-21)17-34(5)28(35)23-15-27(33-25-8-7-18(2)13-22(23)25)26-10-9-24(19(3)32-26)30-12-11-29-4/h7-10,13-15,29-30H,6,11-12,16-17H2,1-5H3. The lowest BCUT2D eigenvalue weighted by molar-refractivity contribution is 0.0808. The van der Waals surface area contributed by atoms with Gasteiger partial charge in [-0.3, -0.25) is 9.79 Å². The van der Waals surface area contributed by atoms with Crippen LogP contribution in [0.15, 0.2) is 53.0 Å². The van der Waals surface area contributed by atoms with E-state index in [9.17, 15) is 4.79 Å². The number of fused-ring (bicyclic) bond motifs is 1. The zero-order chi connectivity index (χ0) is 24.9. The minimum Gasteiger partial charge on any atom is -0.382 e. The molecule has 35 heavy (non-hydrogen) atoms. The summed E-state index contributed by atoms with van der Waals surface area (Å²) in [6.07, 6.45) is 3.03. The summed E-state index contributed by atoms with van der Waals surface area (Å²) in [6, 6.07) is 11.9. The first-order valence-electron chi connectivity index (χ1n) is 12.2. The van der Waals surface area contributed by atoms with Crippen LogP contribution in [0.1, 0.15) is 35.0 Å². The third-order valence-electron chi connectivity index (χ3n) is 6.24. The van der Waals surface area contributed by atoms with Crippen LogP contribution in [0.3, 0.4) is 0 Å². The van der Waals surface area contributed by atoms with Crippen LogP contribution in [-0.4, -0.2) is 66.8 Å².